The molecule has 0 aliphatic carbocycles. The molecule has 8 nitrogen and oxygen atoms in total. The number of rotatable bonds is 5. The standard InChI is InChI=1S/C19H18FN7O/c20-16-6-2-1-5-15(16)19-24-23-18-8-7-17(25-27(18)19)22-13-10-21-26(11-13)12-14-4-3-9-28-14/h1-2,5-8,10-11,14H,3-4,9,12H2,(H,22,25). The average Bonchev–Trinajstić information content (AvgIpc) is 3.44. The van der Waals surface area contributed by atoms with Crippen LogP contribution in [-0.2, 0) is 11.3 Å². The SMILES string of the molecule is Fc1ccccc1-c1nnc2ccc(Nc3cnn(CC4CCCO4)c3)nn12. The van der Waals surface area contributed by atoms with E-state index in [0.717, 1.165) is 31.7 Å². The maximum atomic E-state index is 14.2. The molecule has 142 valence electrons. The Morgan fingerprint density at radius 1 is 1.18 bits per heavy atom. The van der Waals surface area contributed by atoms with Crippen molar-refractivity contribution < 1.29 is 9.13 Å². The fraction of sp³-hybridized carbons (Fsp3) is 0.263. The number of anilines is 2. The van der Waals surface area contributed by atoms with Gasteiger partial charge in [0.25, 0.3) is 0 Å². The summed E-state index contributed by atoms with van der Waals surface area (Å²) in [5, 5.41) is 20.3. The molecule has 1 fully saturated rings. The maximum Gasteiger partial charge on any atom is 0.188 e. The molecule has 1 atom stereocenters. The van der Waals surface area contributed by atoms with Crippen molar-refractivity contribution in [1.82, 2.24) is 29.6 Å². The van der Waals surface area contributed by atoms with Crippen LogP contribution in [0.1, 0.15) is 12.8 Å². The monoisotopic (exact) mass is 379 g/mol. The molecule has 0 saturated carbocycles. The van der Waals surface area contributed by atoms with Crippen molar-refractivity contribution in [2.24, 2.45) is 0 Å². The summed E-state index contributed by atoms with van der Waals surface area (Å²) >= 11 is 0. The number of halogens is 1. The smallest absolute Gasteiger partial charge is 0.188 e. The lowest BCUT2D eigenvalue weighted by atomic mass is 10.2. The summed E-state index contributed by atoms with van der Waals surface area (Å²) in [5.74, 6) is 0.569. The van der Waals surface area contributed by atoms with Crippen LogP contribution in [0.4, 0.5) is 15.9 Å². The van der Waals surface area contributed by atoms with E-state index in [1.165, 1.54) is 10.6 Å². The second-order valence-corrected chi connectivity index (χ2v) is 6.70. The predicted molar refractivity (Wildman–Crippen MR) is 101 cm³/mol. The minimum absolute atomic E-state index is 0.225. The van der Waals surface area contributed by atoms with Crippen LogP contribution >= 0.6 is 0 Å². The third-order valence-electron chi connectivity index (χ3n) is 4.70. The van der Waals surface area contributed by atoms with Gasteiger partial charge in [0.15, 0.2) is 17.3 Å². The van der Waals surface area contributed by atoms with Gasteiger partial charge in [-0.1, -0.05) is 12.1 Å². The molecule has 1 saturated heterocycles. The van der Waals surface area contributed by atoms with E-state index < -0.39 is 0 Å². The summed E-state index contributed by atoms with van der Waals surface area (Å²) < 4.78 is 23.2. The molecule has 28 heavy (non-hydrogen) atoms. The van der Waals surface area contributed by atoms with Crippen LogP contribution in [0.25, 0.3) is 17.0 Å². The number of aromatic nitrogens is 6. The number of hydrogen-bond acceptors (Lipinski definition) is 6. The molecule has 9 heteroatoms. The molecule has 1 N–H and O–H groups in total. The molecule has 1 aliphatic heterocycles. The molecule has 0 amide bonds. The number of fused-ring (bicyclic) bond motifs is 1. The molecule has 3 aromatic heterocycles. The first kappa shape index (κ1) is 16.8. The van der Waals surface area contributed by atoms with Crippen LogP contribution < -0.4 is 5.32 Å². The first-order valence-electron chi connectivity index (χ1n) is 9.15. The highest BCUT2D eigenvalue weighted by atomic mass is 19.1. The molecule has 0 radical (unpaired) electrons. The summed E-state index contributed by atoms with van der Waals surface area (Å²) in [6, 6.07) is 10.0. The Morgan fingerprint density at radius 3 is 2.96 bits per heavy atom. The first-order chi connectivity index (χ1) is 13.8. The largest absolute Gasteiger partial charge is 0.376 e. The molecular formula is C19H18FN7O. The van der Waals surface area contributed by atoms with Crippen molar-refractivity contribution in [3.63, 3.8) is 0 Å². The number of hydrogen-bond donors (Lipinski definition) is 1. The summed E-state index contributed by atoms with van der Waals surface area (Å²) in [6.45, 7) is 1.56. The Bertz CT molecular complexity index is 1120. The van der Waals surface area contributed by atoms with Crippen LogP contribution in [0.15, 0.2) is 48.8 Å². The third kappa shape index (κ3) is 3.20. The highest BCUT2D eigenvalue weighted by Gasteiger charge is 2.17. The van der Waals surface area contributed by atoms with Gasteiger partial charge in [-0.05, 0) is 37.1 Å². The Labute approximate surface area is 160 Å². The summed E-state index contributed by atoms with van der Waals surface area (Å²) in [7, 11) is 0. The first-order valence-corrected chi connectivity index (χ1v) is 9.15. The van der Waals surface area contributed by atoms with Crippen LogP contribution in [0.3, 0.4) is 0 Å². The molecule has 1 aliphatic rings. The van der Waals surface area contributed by atoms with Crippen molar-refractivity contribution >= 4 is 17.2 Å². The zero-order valence-corrected chi connectivity index (χ0v) is 15.0. The van der Waals surface area contributed by atoms with Crippen LogP contribution in [0.5, 0.6) is 0 Å². The highest BCUT2D eigenvalue weighted by molar-refractivity contribution is 5.61. The lowest BCUT2D eigenvalue weighted by Crippen LogP contribution is -2.15. The Balaban J connectivity index is 1.40. The molecule has 4 aromatic rings. The zero-order valence-electron chi connectivity index (χ0n) is 15.0. The predicted octanol–water partition coefficient (Wildman–Crippen LogP) is 3.05. The normalized spacial score (nSPS) is 16.7. The quantitative estimate of drug-likeness (QED) is 0.574. The maximum absolute atomic E-state index is 14.2. The van der Waals surface area contributed by atoms with Crippen LogP contribution in [0.2, 0.25) is 0 Å². The Hall–Kier alpha value is -3.33. The van der Waals surface area contributed by atoms with Gasteiger partial charge in [-0.3, -0.25) is 4.68 Å². The minimum atomic E-state index is -0.368. The van der Waals surface area contributed by atoms with E-state index in [9.17, 15) is 4.39 Å². The molecule has 1 aromatic carbocycles. The van der Waals surface area contributed by atoms with Gasteiger partial charge in [-0.15, -0.1) is 15.3 Å². The van der Waals surface area contributed by atoms with Crippen molar-refractivity contribution in [3.8, 4) is 11.4 Å². The van der Waals surface area contributed by atoms with E-state index in [1.807, 2.05) is 10.9 Å². The van der Waals surface area contributed by atoms with Crippen molar-refractivity contribution in [2.45, 2.75) is 25.5 Å². The lowest BCUT2D eigenvalue weighted by molar-refractivity contribution is 0.0940. The van der Waals surface area contributed by atoms with Gasteiger partial charge in [0.2, 0.25) is 0 Å². The zero-order chi connectivity index (χ0) is 18.9. The summed E-state index contributed by atoms with van der Waals surface area (Å²) in [6.07, 6.45) is 6.04. The Morgan fingerprint density at radius 2 is 2.11 bits per heavy atom. The fourth-order valence-corrected chi connectivity index (χ4v) is 3.34. The van der Waals surface area contributed by atoms with Crippen LogP contribution in [-0.4, -0.2) is 42.3 Å². The molecule has 1 unspecified atom stereocenters. The summed E-state index contributed by atoms with van der Waals surface area (Å²) in [5.41, 5.74) is 1.70. The summed E-state index contributed by atoms with van der Waals surface area (Å²) in [4.78, 5) is 0. The van der Waals surface area contributed by atoms with Crippen molar-refractivity contribution in [2.75, 3.05) is 11.9 Å². The van der Waals surface area contributed by atoms with E-state index in [0.29, 0.717) is 22.9 Å². The van der Waals surface area contributed by atoms with Crippen molar-refractivity contribution in [1.29, 1.82) is 0 Å². The third-order valence-corrected chi connectivity index (χ3v) is 4.70. The van der Waals surface area contributed by atoms with Gasteiger partial charge in [0.05, 0.1) is 30.1 Å². The van der Waals surface area contributed by atoms with E-state index >= 15 is 0 Å². The van der Waals surface area contributed by atoms with E-state index in [2.05, 4.69) is 25.7 Å². The molecule has 5 rings (SSSR count). The number of nitrogens with one attached hydrogen (secondary N) is 1. The second-order valence-electron chi connectivity index (χ2n) is 6.70. The van der Waals surface area contributed by atoms with Crippen molar-refractivity contribution in [3.05, 3.63) is 54.6 Å². The fourth-order valence-electron chi connectivity index (χ4n) is 3.34. The molecule has 0 bridgehead atoms. The van der Waals surface area contributed by atoms with E-state index in [-0.39, 0.29) is 11.9 Å². The number of ether oxygens (including phenoxy) is 1. The highest BCUT2D eigenvalue weighted by Crippen LogP contribution is 2.22. The number of benzene rings is 1. The lowest BCUT2D eigenvalue weighted by Gasteiger charge is -2.08. The van der Waals surface area contributed by atoms with Gasteiger partial charge in [-0.2, -0.15) is 9.61 Å². The van der Waals surface area contributed by atoms with E-state index in [4.69, 9.17) is 4.74 Å². The van der Waals surface area contributed by atoms with Gasteiger partial charge < -0.3 is 10.1 Å². The number of nitrogens with zero attached hydrogens (tertiary/aromatic N) is 6. The van der Waals surface area contributed by atoms with Crippen LogP contribution in [0, 0.1) is 5.82 Å². The average molecular weight is 379 g/mol. The van der Waals surface area contributed by atoms with Gasteiger partial charge in [0.1, 0.15) is 5.82 Å². The molecule has 4 heterocycles. The topological polar surface area (TPSA) is 82.2 Å². The van der Waals surface area contributed by atoms with Gasteiger partial charge >= 0.3 is 0 Å². The van der Waals surface area contributed by atoms with E-state index in [1.54, 1.807) is 36.5 Å². The second kappa shape index (κ2) is 7.01. The minimum Gasteiger partial charge on any atom is -0.376 e. The van der Waals surface area contributed by atoms with Gasteiger partial charge in [0, 0.05) is 12.8 Å². The van der Waals surface area contributed by atoms with Gasteiger partial charge in [-0.25, -0.2) is 4.39 Å². The Kier molecular flexibility index (Phi) is 4.21. The molecular weight excluding hydrogens is 361 g/mol. The molecule has 0 spiro atoms.